The van der Waals surface area contributed by atoms with Crippen molar-refractivity contribution in [2.45, 2.75) is 26.3 Å². The summed E-state index contributed by atoms with van der Waals surface area (Å²) in [5.74, 6) is -0.523. The molecule has 0 aliphatic carbocycles. The first-order valence-electron chi connectivity index (χ1n) is 5.81. The van der Waals surface area contributed by atoms with Crippen molar-refractivity contribution in [1.82, 2.24) is 4.31 Å². The molecule has 1 heterocycles. The van der Waals surface area contributed by atoms with Crippen molar-refractivity contribution in [2.75, 3.05) is 5.73 Å². The predicted molar refractivity (Wildman–Crippen MR) is 74.4 cm³/mol. The number of sulfonamides is 1. The van der Waals surface area contributed by atoms with Crippen molar-refractivity contribution in [3.8, 4) is 0 Å². The maximum absolute atomic E-state index is 12.5. The number of hydrogen-bond donors (Lipinski definition) is 1. The summed E-state index contributed by atoms with van der Waals surface area (Å²) in [6.07, 6.45) is 1.15. The minimum atomic E-state index is -3.82. The van der Waals surface area contributed by atoms with Gasteiger partial charge in [-0.15, -0.1) is 0 Å². The maximum atomic E-state index is 12.5. The summed E-state index contributed by atoms with van der Waals surface area (Å²) in [5, 5.41) is 0. The van der Waals surface area contributed by atoms with Gasteiger partial charge in [0, 0.05) is 11.8 Å². The zero-order valence-corrected chi connectivity index (χ0v) is 11.9. The number of nitrogens with two attached hydrogens (primary N) is 1. The number of amides is 1. The van der Waals surface area contributed by atoms with Crippen molar-refractivity contribution >= 4 is 26.5 Å². The topological polar surface area (TPSA) is 80.5 Å². The first-order valence-corrected chi connectivity index (χ1v) is 7.25. The number of nitrogen functional groups attached to an aromatic ring is 1. The third-order valence-electron chi connectivity index (χ3n) is 2.75. The molecule has 0 aromatic heterocycles. The van der Waals surface area contributed by atoms with Crippen molar-refractivity contribution in [1.29, 1.82) is 0 Å². The lowest BCUT2D eigenvalue weighted by Crippen LogP contribution is -2.45. The molecule has 2 N–H and O–H groups in total. The van der Waals surface area contributed by atoms with E-state index in [9.17, 15) is 13.2 Å². The SMILES string of the molecule is CC(C)(C)N1C(=O)C=C(c2cccc(N)c2)S1(=O)=O. The number of benzene rings is 1. The van der Waals surface area contributed by atoms with Crippen LogP contribution in [0.25, 0.3) is 4.91 Å². The second-order valence-electron chi connectivity index (χ2n) is 5.41. The molecule has 0 fully saturated rings. The van der Waals surface area contributed by atoms with Gasteiger partial charge in [0.1, 0.15) is 4.91 Å². The largest absolute Gasteiger partial charge is 0.399 e. The molecule has 1 amide bonds. The molecule has 1 aromatic rings. The van der Waals surface area contributed by atoms with Crippen molar-refractivity contribution in [3.05, 3.63) is 35.9 Å². The summed E-state index contributed by atoms with van der Waals surface area (Å²) < 4.78 is 25.8. The van der Waals surface area contributed by atoms with Crippen LogP contribution in [0.5, 0.6) is 0 Å². The molecular formula is C13H16N2O3S. The van der Waals surface area contributed by atoms with Gasteiger partial charge in [-0.3, -0.25) is 4.79 Å². The summed E-state index contributed by atoms with van der Waals surface area (Å²) >= 11 is 0. The van der Waals surface area contributed by atoms with Gasteiger partial charge in [-0.2, -0.15) is 0 Å². The number of nitrogens with zero attached hydrogens (tertiary/aromatic N) is 1. The Labute approximate surface area is 112 Å². The van der Waals surface area contributed by atoms with E-state index < -0.39 is 21.5 Å². The highest BCUT2D eigenvalue weighted by atomic mass is 32.2. The zero-order chi connectivity index (χ0) is 14.4. The molecule has 6 heteroatoms. The highest BCUT2D eigenvalue weighted by Crippen LogP contribution is 2.35. The Kier molecular flexibility index (Phi) is 2.93. The zero-order valence-electron chi connectivity index (χ0n) is 11.0. The van der Waals surface area contributed by atoms with Crippen LogP contribution in [-0.2, 0) is 14.8 Å². The van der Waals surface area contributed by atoms with Gasteiger partial charge in [-0.05, 0) is 38.5 Å². The smallest absolute Gasteiger partial charge is 0.268 e. The molecule has 5 nitrogen and oxygen atoms in total. The van der Waals surface area contributed by atoms with Crippen molar-refractivity contribution < 1.29 is 13.2 Å². The van der Waals surface area contributed by atoms with Crippen LogP contribution in [0.4, 0.5) is 5.69 Å². The van der Waals surface area contributed by atoms with E-state index >= 15 is 0 Å². The van der Waals surface area contributed by atoms with Crippen molar-refractivity contribution in [3.63, 3.8) is 0 Å². The lowest BCUT2D eigenvalue weighted by molar-refractivity contribution is -0.123. The number of carbonyl (C=O) groups excluding carboxylic acids is 1. The van der Waals surface area contributed by atoms with E-state index in [1.807, 2.05) is 0 Å². The average Bonchev–Trinajstić information content (AvgIpc) is 2.47. The Morgan fingerprint density at radius 1 is 1.21 bits per heavy atom. The van der Waals surface area contributed by atoms with Gasteiger partial charge in [0.2, 0.25) is 0 Å². The fourth-order valence-corrected chi connectivity index (χ4v) is 3.96. The van der Waals surface area contributed by atoms with E-state index in [2.05, 4.69) is 0 Å². The number of anilines is 1. The van der Waals surface area contributed by atoms with Gasteiger partial charge >= 0.3 is 0 Å². The molecular weight excluding hydrogens is 264 g/mol. The maximum Gasteiger partial charge on any atom is 0.268 e. The molecule has 0 radical (unpaired) electrons. The van der Waals surface area contributed by atoms with Crippen LogP contribution < -0.4 is 5.73 Å². The molecule has 0 atom stereocenters. The lowest BCUT2D eigenvalue weighted by Gasteiger charge is -2.30. The Morgan fingerprint density at radius 2 is 1.84 bits per heavy atom. The molecule has 0 saturated carbocycles. The van der Waals surface area contributed by atoms with Crippen LogP contribution in [0.3, 0.4) is 0 Å². The van der Waals surface area contributed by atoms with E-state index in [4.69, 9.17) is 5.73 Å². The number of rotatable bonds is 1. The fourth-order valence-electron chi connectivity index (χ4n) is 2.08. The van der Waals surface area contributed by atoms with Crippen LogP contribution >= 0.6 is 0 Å². The van der Waals surface area contributed by atoms with Gasteiger partial charge in [-0.25, -0.2) is 12.7 Å². The lowest BCUT2D eigenvalue weighted by atomic mass is 10.1. The number of hydrogen-bond acceptors (Lipinski definition) is 4. The second-order valence-corrected chi connectivity index (χ2v) is 7.17. The van der Waals surface area contributed by atoms with Crippen molar-refractivity contribution in [2.24, 2.45) is 0 Å². The van der Waals surface area contributed by atoms with Gasteiger partial charge in [0.15, 0.2) is 0 Å². The summed E-state index contributed by atoms with van der Waals surface area (Å²) in [6, 6.07) is 6.49. The van der Waals surface area contributed by atoms with E-state index in [-0.39, 0.29) is 4.91 Å². The minimum Gasteiger partial charge on any atom is -0.399 e. The van der Waals surface area contributed by atoms with E-state index in [0.717, 1.165) is 10.4 Å². The fraction of sp³-hybridized carbons (Fsp3) is 0.308. The Balaban J connectivity index is 2.57. The second kappa shape index (κ2) is 4.09. The van der Waals surface area contributed by atoms with Crippen LogP contribution in [0.2, 0.25) is 0 Å². The van der Waals surface area contributed by atoms with Gasteiger partial charge < -0.3 is 5.73 Å². The molecule has 0 unspecified atom stereocenters. The standard InChI is InChI=1S/C13H16N2O3S/c1-13(2,3)15-12(16)8-11(19(15,17)18)9-5-4-6-10(14)7-9/h4-8H,14H2,1-3H3. The molecule has 0 spiro atoms. The van der Waals surface area contributed by atoms with Gasteiger partial charge in [-0.1, -0.05) is 12.1 Å². The molecule has 0 bridgehead atoms. The quantitative estimate of drug-likeness (QED) is 0.792. The van der Waals surface area contributed by atoms with Crippen LogP contribution in [-0.4, -0.2) is 24.2 Å². The molecule has 1 aliphatic heterocycles. The highest BCUT2D eigenvalue weighted by molar-refractivity contribution is 7.99. The molecule has 2 rings (SSSR count). The summed E-state index contributed by atoms with van der Waals surface area (Å²) in [7, 11) is -3.82. The molecule has 102 valence electrons. The molecule has 0 saturated heterocycles. The third kappa shape index (κ3) is 2.23. The predicted octanol–water partition coefficient (Wildman–Crippen LogP) is 1.58. The van der Waals surface area contributed by atoms with Gasteiger partial charge in [0.25, 0.3) is 15.9 Å². The summed E-state index contributed by atoms with van der Waals surface area (Å²) in [4.78, 5) is 11.9. The minimum absolute atomic E-state index is 0.000255. The molecule has 1 aromatic carbocycles. The van der Waals surface area contributed by atoms with E-state index in [1.54, 1.807) is 45.0 Å². The number of carbonyl (C=O) groups is 1. The van der Waals surface area contributed by atoms with E-state index in [0.29, 0.717) is 11.3 Å². The van der Waals surface area contributed by atoms with Gasteiger partial charge in [0.05, 0.1) is 5.54 Å². The first-order chi connectivity index (χ1) is 8.64. The van der Waals surface area contributed by atoms with Crippen LogP contribution in [0, 0.1) is 0 Å². The molecule has 19 heavy (non-hydrogen) atoms. The normalized spacial score (nSPS) is 18.6. The van der Waals surface area contributed by atoms with E-state index in [1.165, 1.54) is 0 Å². The first kappa shape index (κ1) is 13.6. The Bertz CT molecular complexity index is 669. The monoisotopic (exact) mass is 280 g/mol. The Morgan fingerprint density at radius 3 is 2.32 bits per heavy atom. The summed E-state index contributed by atoms with van der Waals surface area (Å²) in [5.41, 5.74) is 5.74. The average molecular weight is 280 g/mol. The van der Waals surface area contributed by atoms with Crippen LogP contribution in [0.1, 0.15) is 26.3 Å². The molecule has 1 aliphatic rings. The summed E-state index contributed by atoms with van der Waals surface area (Å²) in [6.45, 7) is 5.04. The Hall–Kier alpha value is -1.82. The van der Waals surface area contributed by atoms with Crippen LogP contribution in [0.15, 0.2) is 30.3 Å². The highest BCUT2D eigenvalue weighted by Gasteiger charge is 2.44. The third-order valence-corrected chi connectivity index (χ3v) is 4.87.